The number of carbonyl (C=O) groups is 1. The molecule has 0 atom stereocenters. The molecule has 3 N–H and O–H groups in total. The monoisotopic (exact) mass is 278 g/mol. The standard InChI is InChI=1S/C13H15ClN4O/c1-7-12(8(2)18(3)17-7)16-13(19)9-4-10(14)6-11(15)5-9/h4-6H,15H2,1-3H3,(H,16,19). The summed E-state index contributed by atoms with van der Waals surface area (Å²) in [7, 11) is 1.83. The number of hydrogen-bond acceptors (Lipinski definition) is 3. The first-order valence-electron chi connectivity index (χ1n) is 5.76. The van der Waals surface area contributed by atoms with Crippen LogP contribution in [-0.2, 0) is 7.05 Å². The van der Waals surface area contributed by atoms with E-state index < -0.39 is 0 Å². The molecule has 6 heteroatoms. The van der Waals surface area contributed by atoms with Gasteiger partial charge in [-0.1, -0.05) is 11.6 Å². The van der Waals surface area contributed by atoms with E-state index in [1.807, 2.05) is 20.9 Å². The summed E-state index contributed by atoms with van der Waals surface area (Å²) in [4.78, 5) is 12.2. The number of rotatable bonds is 2. The summed E-state index contributed by atoms with van der Waals surface area (Å²) < 4.78 is 1.72. The second kappa shape index (κ2) is 4.93. The molecule has 1 amide bonds. The lowest BCUT2D eigenvalue weighted by atomic mass is 10.2. The fourth-order valence-electron chi connectivity index (χ4n) is 1.88. The van der Waals surface area contributed by atoms with E-state index in [9.17, 15) is 4.79 Å². The predicted octanol–water partition coefficient (Wildman–Crippen LogP) is 2.52. The third-order valence-corrected chi connectivity index (χ3v) is 3.15. The summed E-state index contributed by atoms with van der Waals surface area (Å²) in [5, 5.41) is 7.51. The van der Waals surface area contributed by atoms with Gasteiger partial charge in [0.05, 0.1) is 17.1 Å². The molecular formula is C13H15ClN4O. The van der Waals surface area contributed by atoms with E-state index in [0.717, 1.165) is 11.4 Å². The van der Waals surface area contributed by atoms with E-state index in [-0.39, 0.29) is 5.91 Å². The highest BCUT2D eigenvalue weighted by molar-refractivity contribution is 6.31. The lowest BCUT2D eigenvalue weighted by Gasteiger charge is -2.07. The number of amides is 1. The van der Waals surface area contributed by atoms with Crippen molar-refractivity contribution < 1.29 is 4.79 Å². The van der Waals surface area contributed by atoms with E-state index in [2.05, 4.69) is 10.4 Å². The molecule has 5 nitrogen and oxygen atoms in total. The zero-order valence-electron chi connectivity index (χ0n) is 11.0. The van der Waals surface area contributed by atoms with Gasteiger partial charge in [0, 0.05) is 23.3 Å². The van der Waals surface area contributed by atoms with Crippen LogP contribution in [0.5, 0.6) is 0 Å². The van der Waals surface area contributed by atoms with Crippen LogP contribution in [0.4, 0.5) is 11.4 Å². The van der Waals surface area contributed by atoms with Crippen molar-refractivity contribution in [3.05, 3.63) is 40.2 Å². The minimum absolute atomic E-state index is 0.256. The average molecular weight is 279 g/mol. The van der Waals surface area contributed by atoms with Crippen molar-refractivity contribution in [3.8, 4) is 0 Å². The molecule has 0 unspecified atom stereocenters. The molecule has 0 saturated carbocycles. The fourth-order valence-corrected chi connectivity index (χ4v) is 2.13. The highest BCUT2D eigenvalue weighted by atomic mass is 35.5. The molecule has 0 bridgehead atoms. The molecule has 0 saturated heterocycles. The Morgan fingerprint density at radius 3 is 2.58 bits per heavy atom. The SMILES string of the molecule is Cc1nn(C)c(C)c1NC(=O)c1cc(N)cc(Cl)c1. The molecule has 0 spiro atoms. The quantitative estimate of drug-likeness (QED) is 0.829. The van der Waals surface area contributed by atoms with Gasteiger partial charge in [0.1, 0.15) is 0 Å². The molecule has 0 aliphatic rings. The minimum atomic E-state index is -0.256. The van der Waals surface area contributed by atoms with Gasteiger partial charge in [-0.25, -0.2) is 0 Å². The van der Waals surface area contributed by atoms with E-state index in [4.69, 9.17) is 17.3 Å². The number of aryl methyl sites for hydroxylation is 2. The van der Waals surface area contributed by atoms with E-state index in [0.29, 0.717) is 22.0 Å². The van der Waals surface area contributed by atoms with Crippen LogP contribution in [0.3, 0.4) is 0 Å². The van der Waals surface area contributed by atoms with E-state index in [1.165, 1.54) is 0 Å². The molecular weight excluding hydrogens is 264 g/mol. The van der Waals surface area contributed by atoms with Gasteiger partial charge >= 0.3 is 0 Å². The van der Waals surface area contributed by atoms with Gasteiger partial charge in [-0.3, -0.25) is 9.48 Å². The second-order valence-corrected chi connectivity index (χ2v) is 4.83. The first-order valence-corrected chi connectivity index (χ1v) is 6.14. The Labute approximate surface area is 116 Å². The average Bonchev–Trinajstić information content (AvgIpc) is 2.54. The van der Waals surface area contributed by atoms with Crippen LogP contribution in [0.1, 0.15) is 21.7 Å². The third-order valence-electron chi connectivity index (χ3n) is 2.93. The number of nitrogens with two attached hydrogens (primary N) is 1. The van der Waals surface area contributed by atoms with Crippen molar-refractivity contribution in [1.29, 1.82) is 0 Å². The Morgan fingerprint density at radius 2 is 2.05 bits per heavy atom. The number of halogens is 1. The molecule has 0 aliphatic carbocycles. The number of nitrogens with one attached hydrogen (secondary N) is 1. The van der Waals surface area contributed by atoms with E-state index >= 15 is 0 Å². The molecule has 1 heterocycles. The molecule has 1 aromatic carbocycles. The largest absolute Gasteiger partial charge is 0.399 e. The second-order valence-electron chi connectivity index (χ2n) is 4.40. The number of carbonyl (C=O) groups excluding carboxylic acids is 1. The van der Waals surface area contributed by atoms with Crippen LogP contribution >= 0.6 is 11.6 Å². The topological polar surface area (TPSA) is 72.9 Å². The first-order chi connectivity index (χ1) is 8.88. The summed E-state index contributed by atoms with van der Waals surface area (Å²) in [6.07, 6.45) is 0. The van der Waals surface area contributed by atoms with Gasteiger partial charge in [0.2, 0.25) is 0 Å². The van der Waals surface area contributed by atoms with Crippen molar-refractivity contribution in [2.45, 2.75) is 13.8 Å². The summed E-state index contributed by atoms with van der Waals surface area (Å²) in [5.41, 5.74) is 8.92. The van der Waals surface area contributed by atoms with Crippen molar-refractivity contribution in [2.24, 2.45) is 7.05 Å². The highest BCUT2D eigenvalue weighted by Gasteiger charge is 2.14. The molecule has 19 heavy (non-hydrogen) atoms. The smallest absolute Gasteiger partial charge is 0.255 e. The Bertz CT molecular complexity index is 628. The van der Waals surface area contributed by atoms with Crippen LogP contribution in [0.2, 0.25) is 5.02 Å². The van der Waals surface area contributed by atoms with Crippen LogP contribution in [0, 0.1) is 13.8 Å². The zero-order valence-corrected chi connectivity index (χ0v) is 11.7. The molecule has 1 aromatic heterocycles. The lowest BCUT2D eigenvalue weighted by Crippen LogP contribution is -2.13. The van der Waals surface area contributed by atoms with Crippen molar-refractivity contribution in [1.82, 2.24) is 9.78 Å². The number of aromatic nitrogens is 2. The lowest BCUT2D eigenvalue weighted by molar-refractivity contribution is 0.102. The summed E-state index contributed by atoms with van der Waals surface area (Å²) in [6.45, 7) is 3.73. The summed E-state index contributed by atoms with van der Waals surface area (Å²) in [6, 6.07) is 4.76. The van der Waals surface area contributed by atoms with Gasteiger partial charge in [-0.05, 0) is 32.0 Å². The molecule has 2 rings (SSSR count). The number of hydrogen-bond donors (Lipinski definition) is 2. The minimum Gasteiger partial charge on any atom is -0.399 e. The molecule has 0 aliphatic heterocycles. The van der Waals surface area contributed by atoms with Crippen molar-refractivity contribution in [3.63, 3.8) is 0 Å². The first kappa shape index (κ1) is 13.4. The van der Waals surface area contributed by atoms with Crippen LogP contribution < -0.4 is 11.1 Å². The van der Waals surface area contributed by atoms with Gasteiger partial charge in [0.25, 0.3) is 5.91 Å². The maximum absolute atomic E-state index is 12.2. The Morgan fingerprint density at radius 1 is 1.37 bits per heavy atom. The Kier molecular flexibility index (Phi) is 3.48. The van der Waals surface area contributed by atoms with Gasteiger partial charge < -0.3 is 11.1 Å². The fraction of sp³-hybridized carbons (Fsp3) is 0.231. The van der Waals surface area contributed by atoms with Crippen LogP contribution in [0.25, 0.3) is 0 Å². The Hall–Kier alpha value is -2.01. The van der Waals surface area contributed by atoms with Crippen LogP contribution in [-0.4, -0.2) is 15.7 Å². The number of nitrogens with zero attached hydrogens (tertiary/aromatic N) is 2. The van der Waals surface area contributed by atoms with Gasteiger partial charge in [-0.2, -0.15) is 5.10 Å². The number of anilines is 2. The zero-order chi connectivity index (χ0) is 14.2. The molecule has 2 aromatic rings. The summed E-state index contributed by atoms with van der Waals surface area (Å²) >= 11 is 5.89. The molecule has 0 fully saturated rings. The maximum atomic E-state index is 12.2. The maximum Gasteiger partial charge on any atom is 0.255 e. The Balaban J connectivity index is 2.30. The van der Waals surface area contributed by atoms with Gasteiger partial charge in [-0.15, -0.1) is 0 Å². The van der Waals surface area contributed by atoms with Gasteiger partial charge in [0.15, 0.2) is 0 Å². The third kappa shape index (κ3) is 2.71. The summed E-state index contributed by atoms with van der Waals surface area (Å²) in [5.74, 6) is -0.256. The molecule has 0 radical (unpaired) electrons. The normalized spacial score (nSPS) is 10.5. The predicted molar refractivity (Wildman–Crippen MR) is 76.5 cm³/mol. The van der Waals surface area contributed by atoms with E-state index in [1.54, 1.807) is 22.9 Å². The molecule has 100 valence electrons. The number of nitrogen functional groups attached to an aromatic ring is 1. The highest BCUT2D eigenvalue weighted by Crippen LogP contribution is 2.21. The van der Waals surface area contributed by atoms with Crippen molar-refractivity contribution >= 4 is 28.9 Å². The van der Waals surface area contributed by atoms with Crippen LogP contribution in [0.15, 0.2) is 18.2 Å². The van der Waals surface area contributed by atoms with Crippen molar-refractivity contribution in [2.75, 3.05) is 11.1 Å². The number of benzene rings is 1.